The number of benzene rings is 2. The third kappa shape index (κ3) is 3.28. The first-order chi connectivity index (χ1) is 13.5. The Morgan fingerprint density at radius 1 is 1.00 bits per heavy atom. The number of imide groups is 1. The van der Waals surface area contributed by atoms with Gasteiger partial charge in [-0.3, -0.25) is 9.59 Å². The summed E-state index contributed by atoms with van der Waals surface area (Å²) < 4.78 is 0. The Kier molecular flexibility index (Phi) is 4.89. The van der Waals surface area contributed by atoms with Gasteiger partial charge in [0.1, 0.15) is 4.88 Å². The van der Waals surface area contributed by atoms with Crippen molar-refractivity contribution in [1.82, 2.24) is 10.0 Å². The van der Waals surface area contributed by atoms with Gasteiger partial charge in [-0.1, -0.05) is 46.5 Å². The molecule has 0 saturated carbocycles. The van der Waals surface area contributed by atoms with Crippen molar-refractivity contribution in [2.45, 2.75) is 6.42 Å². The summed E-state index contributed by atoms with van der Waals surface area (Å²) in [5.74, 6) is -2.20. The second kappa shape index (κ2) is 7.35. The smallest absolute Gasteiger partial charge is 0.323 e. The van der Waals surface area contributed by atoms with E-state index in [9.17, 15) is 14.4 Å². The van der Waals surface area contributed by atoms with Gasteiger partial charge < -0.3 is 4.84 Å². The molecule has 0 fully saturated rings. The molecule has 3 aromatic rings. The van der Waals surface area contributed by atoms with E-state index in [0.29, 0.717) is 32.1 Å². The first-order valence-corrected chi connectivity index (χ1v) is 9.60. The Morgan fingerprint density at radius 3 is 2.21 bits per heavy atom. The summed E-state index contributed by atoms with van der Waals surface area (Å²) in [4.78, 5) is 46.3. The molecule has 0 unspecified atom stereocenters. The zero-order chi connectivity index (χ0) is 19.8. The summed E-state index contributed by atoms with van der Waals surface area (Å²) in [6.07, 6.45) is 1.66. The number of hydroxylamine groups is 2. The molecule has 1 aliphatic rings. The van der Waals surface area contributed by atoms with Crippen molar-refractivity contribution in [2.24, 2.45) is 0 Å². The Morgan fingerprint density at radius 2 is 1.61 bits per heavy atom. The molecule has 0 atom stereocenters. The highest BCUT2D eigenvalue weighted by Crippen LogP contribution is 2.29. The van der Waals surface area contributed by atoms with Crippen molar-refractivity contribution in [1.29, 1.82) is 0 Å². The van der Waals surface area contributed by atoms with Gasteiger partial charge in [-0.2, -0.15) is 0 Å². The van der Waals surface area contributed by atoms with Crippen LogP contribution in [0.5, 0.6) is 0 Å². The highest BCUT2D eigenvalue weighted by Gasteiger charge is 2.39. The molecule has 1 aliphatic heterocycles. The van der Waals surface area contributed by atoms with Crippen molar-refractivity contribution < 1.29 is 19.2 Å². The number of hydrogen-bond acceptors (Lipinski definition) is 6. The van der Waals surface area contributed by atoms with Crippen LogP contribution >= 0.6 is 34.5 Å². The molecule has 0 radical (unpaired) electrons. The number of fused-ring (bicyclic) bond motifs is 1. The average Bonchev–Trinajstić information content (AvgIpc) is 3.24. The number of carbonyl (C=O) groups excluding carboxylic acids is 3. The molecule has 0 bridgehead atoms. The van der Waals surface area contributed by atoms with E-state index in [0.717, 1.165) is 11.3 Å². The molecule has 9 heteroatoms. The summed E-state index contributed by atoms with van der Waals surface area (Å²) in [7, 11) is 0. The lowest BCUT2D eigenvalue weighted by molar-refractivity contribution is -0.0581. The third-order valence-electron chi connectivity index (χ3n) is 4.08. The van der Waals surface area contributed by atoms with Crippen LogP contribution in [0.25, 0.3) is 0 Å². The maximum Gasteiger partial charge on any atom is 0.375 e. The number of carbonyl (C=O) groups is 3. The number of hydrogen-bond donors (Lipinski definition) is 0. The van der Waals surface area contributed by atoms with E-state index >= 15 is 0 Å². The van der Waals surface area contributed by atoms with Gasteiger partial charge in [0.05, 0.1) is 22.3 Å². The number of thiazole rings is 1. The molecular weight excluding hydrogens is 423 g/mol. The van der Waals surface area contributed by atoms with Gasteiger partial charge in [0.2, 0.25) is 0 Å². The molecule has 0 N–H and O–H groups in total. The van der Waals surface area contributed by atoms with Crippen molar-refractivity contribution in [2.75, 3.05) is 0 Å². The topological polar surface area (TPSA) is 76.6 Å². The second-order valence-corrected chi connectivity index (χ2v) is 7.75. The summed E-state index contributed by atoms with van der Waals surface area (Å²) in [5.41, 5.74) is 1.08. The van der Waals surface area contributed by atoms with Gasteiger partial charge >= 0.3 is 5.97 Å². The van der Waals surface area contributed by atoms with Crippen LogP contribution in [-0.4, -0.2) is 27.8 Å². The molecule has 0 saturated heterocycles. The lowest BCUT2D eigenvalue weighted by Crippen LogP contribution is -2.32. The Labute approximate surface area is 173 Å². The van der Waals surface area contributed by atoms with Crippen LogP contribution in [0, 0.1) is 0 Å². The molecule has 2 amide bonds. The van der Waals surface area contributed by atoms with Crippen LogP contribution in [0.4, 0.5) is 0 Å². The Hall–Kier alpha value is -2.74. The highest BCUT2D eigenvalue weighted by atomic mass is 35.5. The zero-order valence-corrected chi connectivity index (χ0v) is 16.3. The van der Waals surface area contributed by atoms with E-state index < -0.39 is 17.8 Å². The Balaban J connectivity index is 1.50. The molecule has 140 valence electrons. The fourth-order valence-corrected chi connectivity index (χ4v) is 4.05. The monoisotopic (exact) mass is 432 g/mol. The number of halogens is 2. The van der Waals surface area contributed by atoms with Gasteiger partial charge in [-0.05, 0) is 29.8 Å². The van der Waals surface area contributed by atoms with Gasteiger partial charge in [-0.25, -0.2) is 9.78 Å². The standard InChI is InChI=1S/C19H10Cl2N2O4S/c20-13-6-3-7-14(21)12(13)8-16-22-9-15(28-16)19(26)27-23-17(24)10-4-1-2-5-11(10)18(23)25/h1-7,9H,8H2. The first kappa shape index (κ1) is 18.6. The summed E-state index contributed by atoms with van der Waals surface area (Å²) in [5, 5.41) is 2.05. The first-order valence-electron chi connectivity index (χ1n) is 8.03. The molecular formula is C19H10Cl2N2O4S. The van der Waals surface area contributed by atoms with Gasteiger partial charge in [0.15, 0.2) is 0 Å². The van der Waals surface area contributed by atoms with E-state index in [1.807, 2.05) is 0 Å². The van der Waals surface area contributed by atoms with E-state index in [-0.39, 0.29) is 16.0 Å². The van der Waals surface area contributed by atoms with Crippen molar-refractivity contribution in [3.8, 4) is 0 Å². The van der Waals surface area contributed by atoms with Crippen LogP contribution in [0.1, 0.15) is 41.0 Å². The van der Waals surface area contributed by atoms with E-state index in [1.54, 1.807) is 30.3 Å². The van der Waals surface area contributed by atoms with Crippen molar-refractivity contribution >= 4 is 52.3 Å². The van der Waals surface area contributed by atoms with Crippen LogP contribution in [0.15, 0.2) is 48.7 Å². The summed E-state index contributed by atoms with van der Waals surface area (Å²) in [6, 6.07) is 11.4. The summed E-state index contributed by atoms with van der Waals surface area (Å²) >= 11 is 13.4. The highest BCUT2D eigenvalue weighted by molar-refractivity contribution is 7.13. The third-order valence-corrected chi connectivity index (χ3v) is 5.76. The lowest BCUT2D eigenvalue weighted by Gasteiger charge is -2.11. The minimum absolute atomic E-state index is 0.148. The normalized spacial score (nSPS) is 13.0. The number of rotatable bonds is 4. The molecule has 28 heavy (non-hydrogen) atoms. The second-order valence-electron chi connectivity index (χ2n) is 5.82. The molecule has 1 aromatic heterocycles. The van der Waals surface area contributed by atoms with Crippen LogP contribution < -0.4 is 0 Å². The molecule has 6 nitrogen and oxygen atoms in total. The number of amides is 2. The maximum atomic E-state index is 12.4. The predicted molar refractivity (Wildman–Crippen MR) is 104 cm³/mol. The van der Waals surface area contributed by atoms with E-state index in [2.05, 4.69) is 4.98 Å². The maximum absolute atomic E-state index is 12.4. The van der Waals surface area contributed by atoms with Gasteiger partial charge in [0.25, 0.3) is 11.8 Å². The predicted octanol–water partition coefficient (Wildman–Crippen LogP) is 4.41. The number of nitrogens with zero attached hydrogens (tertiary/aromatic N) is 2. The summed E-state index contributed by atoms with van der Waals surface area (Å²) in [6.45, 7) is 0. The minimum atomic E-state index is -0.844. The largest absolute Gasteiger partial charge is 0.375 e. The SMILES string of the molecule is O=C(ON1C(=O)c2ccccc2C1=O)c1cnc(Cc2c(Cl)cccc2Cl)s1. The van der Waals surface area contributed by atoms with Gasteiger partial charge in [0, 0.05) is 16.5 Å². The van der Waals surface area contributed by atoms with Crippen LogP contribution in [0.3, 0.4) is 0 Å². The number of aromatic nitrogens is 1. The Bertz CT molecular complexity index is 1070. The molecule has 0 aliphatic carbocycles. The lowest BCUT2D eigenvalue weighted by atomic mass is 10.1. The van der Waals surface area contributed by atoms with E-state index in [4.69, 9.17) is 28.0 Å². The quantitative estimate of drug-likeness (QED) is 0.570. The van der Waals surface area contributed by atoms with Gasteiger partial charge in [-0.15, -0.1) is 11.3 Å². The zero-order valence-electron chi connectivity index (χ0n) is 14.0. The fourth-order valence-electron chi connectivity index (χ4n) is 2.72. The molecule has 4 rings (SSSR count). The molecule has 2 aromatic carbocycles. The average molecular weight is 433 g/mol. The molecule has 0 spiro atoms. The van der Waals surface area contributed by atoms with Crippen LogP contribution in [-0.2, 0) is 11.3 Å². The van der Waals surface area contributed by atoms with Crippen molar-refractivity contribution in [3.63, 3.8) is 0 Å². The molecule has 2 heterocycles. The fraction of sp³-hybridized carbons (Fsp3) is 0.0526. The van der Waals surface area contributed by atoms with E-state index in [1.165, 1.54) is 18.3 Å². The van der Waals surface area contributed by atoms with Crippen LogP contribution in [0.2, 0.25) is 10.0 Å². The minimum Gasteiger partial charge on any atom is -0.323 e. The van der Waals surface area contributed by atoms with Crippen molar-refractivity contribution in [3.05, 3.63) is 85.3 Å².